The first-order chi connectivity index (χ1) is 15.3. The maximum atomic E-state index is 13.2. The molecule has 2 N–H and O–H groups in total. The van der Waals surface area contributed by atoms with Crippen LogP contribution in [0.4, 0.5) is 11.4 Å². The van der Waals surface area contributed by atoms with Crippen molar-refractivity contribution in [3.8, 4) is 0 Å². The van der Waals surface area contributed by atoms with Crippen molar-refractivity contribution in [2.45, 2.75) is 13.8 Å². The molecule has 9 heteroatoms. The van der Waals surface area contributed by atoms with E-state index in [1.165, 1.54) is 17.4 Å². The van der Waals surface area contributed by atoms with Crippen LogP contribution in [-0.4, -0.2) is 21.2 Å². The summed E-state index contributed by atoms with van der Waals surface area (Å²) in [7, 11) is 0. The third-order valence-electron chi connectivity index (χ3n) is 4.68. The molecule has 0 unspecified atom stereocenters. The van der Waals surface area contributed by atoms with E-state index in [1.807, 2.05) is 24.4 Å². The largest absolute Gasteiger partial charge is 0.320 e. The smallest absolute Gasteiger partial charge is 0.261 e. The fourth-order valence-electron chi connectivity index (χ4n) is 3.13. The summed E-state index contributed by atoms with van der Waals surface area (Å²) in [6, 6.07) is 13.6. The average Bonchev–Trinajstić information content (AvgIpc) is 3.24. The number of thiazole rings is 1. The lowest BCUT2D eigenvalue weighted by Gasteiger charge is -2.12. The molecule has 0 aliphatic carbocycles. The lowest BCUT2D eigenvalue weighted by Crippen LogP contribution is -2.25. The molecule has 0 radical (unpaired) electrons. The fourth-order valence-corrected chi connectivity index (χ4v) is 4.37. The van der Waals surface area contributed by atoms with Gasteiger partial charge in [-0.3, -0.25) is 14.0 Å². The van der Waals surface area contributed by atoms with Gasteiger partial charge in [0.05, 0.1) is 32.8 Å². The van der Waals surface area contributed by atoms with Crippen LogP contribution < -0.4 is 10.6 Å². The van der Waals surface area contributed by atoms with Crippen molar-refractivity contribution < 1.29 is 9.59 Å². The van der Waals surface area contributed by atoms with Crippen molar-refractivity contribution in [3.05, 3.63) is 86.6 Å². The van der Waals surface area contributed by atoms with Crippen molar-refractivity contribution in [1.29, 1.82) is 0 Å². The number of carbonyl (C=O) groups is 2. The molecule has 6 nitrogen and oxygen atoms in total. The summed E-state index contributed by atoms with van der Waals surface area (Å²) in [5.74, 6) is -1.21. The molecule has 0 aliphatic heterocycles. The number of aryl methyl sites for hydroxylation is 2. The molecular weight excluding hydrogens is 467 g/mol. The Bertz CT molecular complexity index is 1310. The Morgan fingerprint density at radius 2 is 1.47 bits per heavy atom. The molecule has 0 saturated heterocycles. The number of amides is 2. The predicted octanol–water partition coefficient (Wildman–Crippen LogP) is 5.98. The number of halogens is 2. The molecule has 0 aliphatic rings. The number of imidazole rings is 1. The molecular formula is C23H18Cl2N4O2S. The zero-order valence-corrected chi connectivity index (χ0v) is 19.5. The van der Waals surface area contributed by atoms with Gasteiger partial charge in [0.1, 0.15) is 5.57 Å². The number of hydrogen-bond donors (Lipinski definition) is 2. The average molecular weight is 485 g/mol. The van der Waals surface area contributed by atoms with Crippen LogP contribution in [0, 0.1) is 13.8 Å². The van der Waals surface area contributed by atoms with Crippen molar-refractivity contribution >= 4 is 68.8 Å². The highest BCUT2D eigenvalue weighted by Gasteiger charge is 2.22. The van der Waals surface area contributed by atoms with Crippen LogP contribution in [0.15, 0.2) is 60.3 Å². The van der Waals surface area contributed by atoms with Crippen LogP contribution in [0.3, 0.4) is 0 Å². The lowest BCUT2D eigenvalue weighted by atomic mass is 10.1. The summed E-state index contributed by atoms with van der Waals surface area (Å²) in [6.45, 7) is 3.80. The van der Waals surface area contributed by atoms with Gasteiger partial charge in [-0.25, -0.2) is 4.98 Å². The number of rotatable bonds is 5. The molecule has 4 rings (SSSR count). The minimum atomic E-state index is -0.607. The number of anilines is 2. The van der Waals surface area contributed by atoms with Crippen molar-refractivity contribution in [2.75, 3.05) is 10.6 Å². The van der Waals surface area contributed by atoms with Gasteiger partial charge in [-0.05, 0) is 44.2 Å². The monoisotopic (exact) mass is 484 g/mol. The van der Waals surface area contributed by atoms with E-state index in [4.69, 9.17) is 23.2 Å². The number of fused-ring (bicyclic) bond motifs is 1. The number of carbonyl (C=O) groups excluding carboxylic acids is 2. The highest BCUT2D eigenvalue weighted by atomic mass is 35.5. The zero-order valence-electron chi connectivity index (χ0n) is 17.1. The predicted molar refractivity (Wildman–Crippen MR) is 131 cm³/mol. The van der Waals surface area contributed by atoms with Crippen LogP contribution >= 0.6 is 34.5 Å². The molecule has 2 aromatic carbocycles. The van der Waals surface area contributed by atoms with Crippen molar-refractivity contribution in [1.82, 2.24) is 9.38 Å². The van der Waals surface area contributed by atoms with Gasteiger partial charge in [0.25, 0.3) is 11.8 Å². The second-order valence-corrected chi connectivity index (χ2v) is 9.03. The summed E-state index contributed by atoms with van der Waals surface area (Å²) in [5, 5.41) is 6.16. The Labute approximate surface area is 198 Å². The fraction of sp³-hybridized carbons (Fsp3) is 0.0870. The van der Waals surface area contributed by atoms with E-state index in [1.54, 1.807) is 48.5 Å². The van der Waals surface area contributed by atoms with E-state index in [9.17, 15) is 9.59 Å². The molecule has 2 amide bonds. The first-order valence-electron chi connectivity index (χ1n) is 9.62. The summed E-state index contributed by atoms with van der Waals surface area (Å²) in [5.41, 5.74) is 2.03. The highest BCUT2D eigenvalue weighted by molar-refractivity contribution is 7.17. The van der Waals surface area contributed by atoms with Crippen LogP contribution in [0.5, 0.6) is 0 Å². The normalized spacial score (nSPS) is 10.8. The Morgan fingerprint density at radius 3 is 2.00 bits per heavy atom. The van der Waals surface area contributed by atoms with E-state index < -0.39 is 11.8 Å². The number of hydrogen-bond acceptors (Lipinski definition) is 4. The van der Waals surface area contributed by atoms with Gasteiger partial charge in [-0.1, -0.05) is 47.5 Å². The number of aromatic nitrogens is 2. The second kappa shape index (κ2) is 9.16. The first kappa shape index (κ1) is 22.1. The maximum Gasteiger partial charge on any atom is 0.261 e. The number of nitrogens with one attached hydrogen (secondary N) is 2. The van der Waals surface area contributed by atoms with Gasteiger partial charge >= 0.3 is 0 Å². The number of para-hydroxylation sites is 2. The van der Waals surface area contributed by atoms with E-state index in [2.05, 4.69) is 15.6 Å². The summed E-state index contributed by atoms with van der Waals surface area (Å²) < 4.78 is 1.86. The number of nitrogens with zero attached hydrogens (tertiary/aromatic N) is 2. The van der Waals surface area contributed by atoms with E-state index in [0.717, 1.165) is 9.84 Å². The third-order valence-corrected chi connectivity index (χ3v) is 6.23. The van der Waals surface area contributed by atoms with Gasteiger partial charge in [0, 0.05) is 11.1 Å². The van der Waals surface area contributed by atoms with Crippen LogP contribution in [0.2, 0.25) is 10.0 Å². The zero-order chi connectivity index (χ0) is 22.8. The second-order valence-electron chi connectivity index (χ2n) is 7.00. The van der Waals surface area contributed by atoms with Crippen LogP contribution in [0.1, 0.15) is 16.3 Å². The molecule has 0 bridgehead atoms. The van der Waals surface area contributed by atoms with Crippen LogP contribution in [-0.2, 0) is 9.59 Å². The van der Waals surface area contributed by atoms with Gasteiger partial charge < -0.3 is 10.6 Å². The summed E-state index contributed by atoms with van der Waals surface area (Å²) in [4.78, 5) is 32.8. The third kappa shape index (κ3) is 4.55. The van der Waals surface area contributed by atoms with Gasteiger partial charge in [-0.15, -0.1) is 11.3 Å². The molecule has 2 heterocycles. The van der Waals surface area contributed by atoms with Gasteiger partial charge in [0.15, 0.2) is 4.96 Å². The minimum Gasteiger partial charge on any atom is -0.320 e. The van der Waals surface area contributed by atoms with Crippen molar-refractivity contribution in [3.63, 3.8) is 0 Å². The standard InChI is InChI=1S/C23H18Cl2N4O2S/c1-13-12-29-20(14(2)26-23(29)32-13)11-15(21(30)27-18-9-5-3-7-16(18)24)22(31)28-19-10-6-4-8-17(19)25/h3-12H,1-2H3,(H,27,30)(H,28,31). The Kier molecular flexibility index (Phi) is 6.32. The number of benzene rings is 2. The van der Waals surface area contributed by atoms with Gasteiger partial charge in [-0.2, -0.15) is 0 Å². The molecule has 4 aromatic rings. The Hall–Kier alpha value is -3.13. The molecule has 0 saturated carbocycles. The quantitative estimate of drug-likeness (QED) is 0.208. The van der Waals surface area contributed by atoms with E-state index in [-0.39, 0.29) is 5.57 Å². The molecule has 162 valence electrons. The minimum absolute atomic E-state index is 0.112. The SMILES string of the molecule is Cc1cn2c(C=C(C(=O)Nc3ccccc3Cl)C(=O)Nc3ccccc3Cl)c(C)nc2s1. The summed E-state index contributed by atoms with van der Waals surface area (Å²) in [6.07, 6.45) is 3.45. The highest BCUT2D eigenvalue weighted by Crippen LogP contribution is 2.26. The molecule has 2 aromatic heterocycles. The Balaban J connectivity index is 1.76. The van der Waals surface area contributed by atoms with Gasteiger partial charge in [0.2, 0.25) is 0 Å². The van der Waals surface area contributed by atoms with Crippen LogP contribution in [0.25, 0.3) is 11.0 Å². The van der Waals surface area contributed by atoms with Crippen molar-refractivity contribution in [2.24, 2.45) is 0 Å². The molecule has 0 spiro atoms. The van der Waals surface area contributed by atoms with E-state index >= 15 is 0 Å². The maximum absolute atomic E-state index is 13.2. The molecule has 0 fully saturated rings. The first-order valence-corrected chi connectivity index (χ1v) is 11.2. The topological polar surface area (TPSA) is 75.5 Å². The summed E-state index contributed by atoms with van der Waals surface area (Å²) >= 11 is 13.9. The lowest BCUT2D eigenvalue weighted by molar-refractivity contribution is -0.118. The molecule has 0 atom stereocenters. The van der Waals surface area contributed by atoms with E-state index in [0.29, 0.717) is 32.8 Å². The Morgan fingerprint density at radius 1 is 0.938 bits per heavy atom. The molecule has 32 heavy (non-hydrogen) atoms.